The van der Waals surface area contributed by atoms with E-state index in [2.05, 4.69) is 0 Å². The summed E-state index contributed by atoms with van der Waals surface area (Å²) in [5.41, 5.74) is -2.75. The molecule has 0 aliphatic rings. The molecule has 26 heavy (non-hydrogen) atoms. The van der Waals surface area contributed by atoms with E-state index in [1.165, 1.54) is 6.92 Å². The highest BCUT2D eigenvalue weighted by Gasteiger charge is 2.50. The van der Waals surface area contributed by atoms with Crippen LogP contribution in [0.5, 0.6) is 0 Å². The summed E-state index contributed by atoms with van der Waals surface area (Å²) in [4.78, 5) is 34.6. The normalized spacial score (nSPS) is 12.8. The van der Waals surface area contributed by atoms with E-state index in [0.29, 0.717) is 11.6 Å². The van der Waals surface area contributed by atoms with Crippen LogP contribution in [-0.4, -0.2) is 28.6 Å². The van der Waals surface area contributed by atoms with Crippen molar-refractivity contribution in [2.45, 2.75) is 18.8 Å². The molecule has 0 amide bonds. The molecule has 0 aliphatic carbocycles. The van der Waals surface area contributed by atoms with Crippen LogP contribution in [0, 0.1) is 15.9 Å². The molecule has 0 radical (unpaired) electrons. The van der Waals surface area contributed by atoms with Crippen LogP contribution < -0.4 is 0 Å². The Morgan fingerprint density at radius 1 is 1.23 bits per heavy atom. The van der Waals surface area contributed by atoms with Crippen LogP contribution in [0.3, 0.4) is 0 Å². The number of nitro benzene ring substituents is 1. The summed E-state index contributed by atoms with van der Waals surface area (Å²) < 4.78 is 19.0. The van der Waals surface area contributed by atoms with Crippen LogP contribution in [-0.2, 0) is 26.2 Å². The van der Waals surface area contributed by atoms with Crippen molar-refractivity contribution in [2.24, 2.45) is 0 Å². The Balaban J connectivity index is 2.65. The van der Waals surface area contributed by atoms with Gasteiger partial charge in [0.2, 0.25) is 5.82 Å². The minimum atomic E-state index is -2.23. The first-order valence-corrected chi connectivity index (χ1v) is 7.72. The van der Waals surface area contributed by atoms with Crippen LogP contribution in [0.25, 0.3) is 0 Å². The molecule has 2 aromatic rings. The van der Waals surface area contributed by atoms with Gasteiger partial charge in [0.15, 0.2) is 5.41 Å². The predicted octanol–water partition coefficient (Wildman–Crippen LogP) is 2.86. The Labute approximate surface area is 148 Å². The average molecular weight is 361 g/mol. The second-order valence-electron chi connectivity index (χ2n) is 5.52. The molecule has 0 aliphatic heterocycles. The lowest BCUT2D eigenvalue weighted by Gasteiger charge is -2.27. The summed E-state index contributed by atoms with van der Waals surface area (Å²) in [5.74, 6) is -3.83. The maximum atomic E-state index is 14.1. The Kier molecular flexibility index (Phi) is 5.66. The minimum Gasteiger partial charge on any atom is -0.480 e. The van der Waals surface area contributed by atoms with E-state index in [-0.39, 0.29) is 18.6 Å². The molecule has 0 fully saturated rings. The van der Waals surface area contributed by atoms with Crippen molar-refractivity contribution in [3.63, 3.8) is 0 Å². The highest BCUT2D eigenvalue weighted by molar-refractivity contribution is 6.06. The number of nitrogens with zero attached hydrogens (tertiary/aromatic N) is 1. The molecule has 7 nitrogen and oxygen atoms in total. The number of hydrogen-bond donors (Lipinski definition) is 1. The summed E-state index contributed by atoms with van der Waals surface area (Å²) in [6.45, 7) is 1.45. The molecule has 0 saturated carbocycles. The van der Waals surface area contributed by atoms with E-state index in [1.54, 1.807) is 30.3 Å². The van der Waals surface area contributed by atoms with Crippen molar-refractivity contribution in [3.8, 4) is 0 Å². The van der Waals surface area contributed by atoms with Gasteiger partial charge in [0.05, 0.1) is 11.5 Å². The largest absolute Gasteiger partial charge is 0.480 e. The van der Waals surface area contributed by atoms with Gasteiger partial charge in [0, 0.05) is 12.5 Å². The zero-order valence-electron chi connectivity index (χ0n) is 13.8. The van der Waals surface area contributed by atoms with E-state index in [1.807, 2.05) is 0 Å². The molecule has 8 heteroatoms. The van der Waals surface area contributed by atoms with E-state index in [9.17, 15) is 29.2 Å². The van der Waals surface area contributed by atoms with E-state index < -0.39 is 33.8 Å². The number of esters is 1. The van der Waals surface area contributed by atoms with Crippen LogP contribution in [0.4, 0.5) is 10.1 Å². The van der Waals surface area contributed by atoms with Gasteiger partial charge in [-0.15, -0.1) is 0 Å². The first-order valence-electron chi connectivity index (χ1n) is 7.72. The number of rotatable bonds is 7. The molecule has 0 bridgehead atoms. The first-order chi connectivity index (χ1) is 12.3. The van der Waals surface area contributed by atoms with E-state index >= 15 is 0 Å². The van der Waals surface area contributed by atoms with Gasteiger partial charge in [0.25, 0.3) is 0 Å². The molecule has 1 atom stereocenters. The predicted molar refractivity (Wildman–Crippen MR) is 89.1 cm³/mol. The lowest BCUT2D eigenvalue weighted by molar-refractivity contribution is -0.387. The van der Waals surface area contributed by atoms with Crippen molar-refractivity contribution in [1.29, 1.82) is 0 Å². The maximum absolute atomic E-state index is 14.1. The maximum Gasteiger partial charge on any atom is 0.328 e. The Bertz CT molecular complexity index is 839. The van der Waals surface area contributed by atoms with Crippen molar-refractivity contribution < 1.29 is 28.7 Å². The Morgan fingerprint density at radius 2 is 1.88 bits per heavy atom. The molecule has 1 unspecified atom stereocenters. The fourth-order valence-electron chi connectivity index (χ4n) is 2.66. The standard InChI is InChI=1S/C18H16FNO6/c1-2-26-17(23)18(16(21)22,11-12-6-4-3-5-7-12)13-8-9-15(20(24)25)14(19)10-13/h3-10H,2,11H2,1H3,(H,21,22). The molecule has 1 N–H and O–H groups in total. The van der Waals surface area contributed by atoms with Crippen LogP contribution >= 0.6 is 0 Å². The first kappa shape index (κ1) is 19.0. The number of hydrogen-bond acceptors (Lipinski definition) is 5. The van der Waals surface area contributed by atoms with Gasteiger partial charge < -0.3 is 9.84 Å². The number of carbonyl (C=O) groups excluding carboxylic acids is 1. The summed E-state index contributed by atoms with van der Waals surface area (Å²) in [5, 5.41) is 20.6. The van der Waals surface area contributed by atoms with Gasteiger partial charge in [-0.3, -0.25) is 19.7 Å². The van der Waals surface area contributed by atoms with Crippen molar-refractivity contribution in [3.05, 3.63) is 75.6 Å². The zero-order chi connectivity index (χ0) is 19.3. The molecular formula is C18H16FNO6. The summed E-state index contributed by atoms with van der Waals surface area (Å²) in [7, 11) is 0. The van der Waals surface area contributed by atoms with Crippen LogP contribution in [0.1, 0.15) is 18.1 Å². The highest BCUT2D eigenvalue weighted by Crippen LogP contribution is 2.33. The summed E-state index contributed by atoms with van der Waals surface area (Å²) >= 11 is 0. The number of benzene rings is 2. The topological polar surface area (TPSA) is 107 Å². The van der Waals surface area contributed by atoms with Gasteiger partial charge >= 0.3 is 17.6 Å². The van der Waals surface area contributed by atoms with Crippen molar-refractivity contribution >= 4 is 17.6 Å². The average Bonchev–Trinajstić information content (AvgIpc) is 2.60. The Morgan fingerprint density at radius 3 is 2.38 bits per heavy atom. The lowest BCUT2D eigenvalue weighted by atomic mass is 9.75. The summed E-state index contributed by atoms with van der Waals surface area (Å²) in [6, 6.07) is 10.9. The molecule has 0 heterocycles. The number of carboxylic acids is 1. The number of halogens is 1. The quantitative estimate of drug-likeness (QED) is 0.352. The van der Waals surface area contributed by atoms with Crippen LogP contribution in [0.2, 0.25) is 0 Å². The molecule has 2 rings (SSSR count). The minimum absolute atomic E-state index is 0.0713. The SMILES string of the molecule is CCOC(=O)C(Cc1ccccc1)(C(=O)O)c1ccc([N+](=O)[O-])c(F)c1. The third-order valence-corrected chi connectivity index (χ3v) is 3.94. The number of ether oxygens (including phenoxy) is 1. The smallest absolute Gasteiger partial charge is 0.328 e. The van der Waals surface area contributed by atoms with Crippen molar-refractivity contribution in [1.82, 2.24) is 0 Å². The Hall–Kier alpha value is -3.29. The number of carboxylic acid groups (broad SMARTS) is 1. The molecule has 0 aromatic heterocycles. The molecule has 0 spiro atoms. The van der Waals surface area contributed by atoms with E-state index in [0.717, 1.165) is 12.1 Å². The van der Waals surface area contributed by atoms with Gasteiger partial charge in [-0.1, -0.05) is 36.4 Å². The number of aliphatic carboxylic acids is 1. The number of nitro groups is 1. The van der Waals surface area contributed by atoms with Gasteiger partial charge in [-0.2, -0.15) is 4.39 Å². The highest BCUT2D eigenvalue weighted by atomic mass is 19.1. The van der Waals surface area contributed by atoms with Crippen molar-refractivity contribution in [2.75, 3.05) is 6.61 Å². The molecule has 136 valence electrons. The monoisotopic (exact) mass is 361 g/mol. The summed E-state index contributed by atoms with van der Waals surface area (Å²) in [6.07, 6.45) is -0.292. The number of carbonyl (C=O) groups is 2. The second kappa shape index (κ2) is 7.73. The third kappa shape index (κ3) is 3.53. The van der Waals surface area contributed by atoms with E-state index in [4.69, 9.17) is 4.74 Å². The third-order valence-electron chi connectivity index (χ3n) is 3.94. The zero-order valence-corrected chi connectivity index (χ0v) is 13.8. The molecule has 0 saturated heterocycles. The second-order valence-corrected chi connectivity index (χ2v) is 5.52. The van der Waals surface area contributed by atoms with Gasteiger partial charge in [-0.05, 0) is 24.1 Å². The molecular weight excluding hydrogens is 345 g/mol. The van der Waals surface area contributed by atoms with Crippen LogP contribution in [0.15, 0.2) is 48.5 Å². The molecule has 2 aromatic carbocycles. The van der Waals surface area contributed by atoms with Gasteiger partial charge in [-0.25, -0.2) is 0 Å². The fourth-order valence-corrected chi connectivity index (χ4v) is 2.66. The van der Waals surface area contributed by atoms with Gasteiger partial charge in [0.1, 0.15) is 0 Å². The fraction of sp³-hybridized carbons (Fsp3) is 0.222. The lowest BCUT2D eigenvalue weighted by Crippen LogP contribution is -2.47.